The van der Waals surface area contributed by atoms with E-state index >= 15 is 0 Å². The number of benzene rings is 1. The summed E-state index contributed by atoms with van der Waals surface area (Å²) >= 11 is 0. The predicted molar refractivity (Wildman–Crippen MR) is 66.0 cm³/mol. The van der Waals surface area contributed by atoms with Crippen LogP contribution in [0.2, 0.25) is 0 Å². The number of hydrogen-bond acceptors (Lipinski definition) is 3. The van der Waals surface area contributed by atoms with Gasteiger partial charge in [-0.15, -0.1) is 0 Å². The number of halogens is 3. The lowest BCUT2D eigenvalue weighted by Crippen LogP contribution is -2.24. The van der Waals surface area contributed by atoms with E-state index in [9.17, 15) is 13.2 Å². The Bertz CT molecular complexity index is 622. The fraction of sp³-hybridized carbons (Fsp3) is 0.154. The van der Waals surface area contributed by atoms with Crippen LogP contribution in [0.4, 0.5) is 30.4 Å². The van der Waals surface area contributed by atoms with Crippen LogP contribution in [0.5, 0.6) is 0 Å². The van der Waals surface area contributed by atoms with Crippen molar-refractivity contribution in [1.29, 1.82) is 0 Å². The standard InChI is InChI=1S/C13H10F3N3/c1-18-7-19(13-11(18)3-2-4-17-13)8-5-9(14)12(16)10(15)6-8/h2-6H,7H2,1H3. The number of fused-ring (bicyclic) bond motifs is 1. The zero-order chi connectivity index (χ0) is 13.6. The van der Waals surface area contributed by atoms with Crippen molar-refractivity contribution in [2.75, 3.05) is 23.5 Å². The van der Waals surface area contributed by atoms with Gasteiger partial charge in [-0.05, 0) is 12.1 Å². The second-order valence-corrected chi connectivity index (χ2v) is 4.34. The normalized spacial score (nSPS) is 13.9. The van der Waals surface area contributed by atoms with Crippen LogP contribution in [0, 0.1) is 17.5 Å². The maximum absolute atomic E-state index is 13.3. The van der Waals surface area contributed by atoms with Crippen molar-refractivity contribution in [3.8, 4) is 0 Å². The summed E-state index contributed by atoms with van der Waals surface area (Å²) in [6.45, 7) is 0.400. The third kappa shape index (κ3) is 1.80. The Balaban J connectivity index is 2.10. The monoisotopic (exact) mass is 265 g/mol. The molecular formula is C13H10F3N3. The molecule has 0 unspecified atom stereocenters. The van der Waals surface area contributed by atoms with E-state index in [1.165, 1.54) is 0 Å². The van der Waals surface area contributed by atoms with Gasteiger partial charge in [-0.3, -0.25) is 0 Å². The third-order valence-corrected chi connectivity index (χ3v) is 3.07. The molecule has 2 heterocycles. The van der Waals surface area contributed by atoms with E-state index in [-0.39, 0.29) is 5.69 Å². The molecule has 0 aliphatic carbocycles. The average Bonchev–Trinajstić information content (AvgIpc) is 2.74. The van der Waals surface area contributed by atoms with Crippen molar-refractivity contribution in [1.82, 2.24) is 4.98 Å². The van der Waals surface area contributed by atoms with Crippen LogP contribution in [0.1, 0.15) is 0 Å². The van der Waals surface area contributed by atoms with Crippen molar-refractivity contribution < 1.29 is 13.2 Å². The summed E-state index contributed by atoms with van der Waals surface area (Å²) in [5, 5.41) is 0. The predicted octanol–water partition coefficient (Wildman–Crippen LogP) is 3.04. The molecule has 19 heavy (non-hydrogen) atoms. The van der Waals surface area contributed by atoms with Gasteiger partial charge in [0.2, 0.25) is 0 Å². The molecule has 0 bridgehead atoms. The van der Waals surface area contributed by atoms with Gasteiger partial charge in [0.15, 0.2) is 23.3 Å². The van der Waals surface area contributed by atoms with Crippen LogP contribution in [0.25, 0.3) is 0 Å². The van der Waals surface area contributed by atoms with E-state index in [2.05, 4.69) is 4.98 Å². The summed E-state index contributed by atoms with van der Waals surface area (Å²) in [6, 6.07) is 5.58. The number of hydrogen-bond donors (Lipinski definition) is 0. The molecule has 3 rings (SSSR count). The van der Waals surface area contributed by atoms with Crippen molar-refractivity contribution in [2.24, 2.45) is 0 Å². The molecule has 3 nitrogen and oxygen atoms in total. The lowest BCUT2D eigenvalue weighted by atomic mass is 10.2. The lowest BCUT2D eigenvalue weighted by Gasteiger charge is -2.18. The zero-order valence-electron chi connectivity index (χ0n) is 10.1. The number of rotatable bonds is 1. The van der Waals surface area contributed by atoms with Gasteiger partial charge in [-0.1, -0.05) is 0 Å². The largest absolute Gasteiger partial charge is 0.354 e. The Hall–Kier alpha value is -2.24. The Labute approximate surface area is 107 Å². The molecule has 1 aliphatic heterocycles. The summed E-state index contributed by atoms with van der Waals surface area (Å²) in [5.74, 6) is -3.28. The minimum Gasteiger partial charge on any atom is -0.354 e. The van der Waals surface area contributed by atoms with Gasteiger partial charge < -0.3 is 9.80 Å². The van der Waals surface area contributed by atoms with E-state index in [0.717, 1.165) is 17.8 Å². The SMILES string of the molecule is CN1CN(c2cc(F)c(F)c(F)c2)c2ncccc21. The number of aromatic nitrogens is 1. The number of pyridine rings is 1. The lowest BCUT2D eigenvalue weighted by molar-refractivity contribution is 0.447. The fourth-order valence-electron chi connectivity index (χ4n) is 2.15. The van der Waals surface area contributed by atoms with E-state index in [1.807, 2.05) is 18.0 Å². The molecule has 0 saturated heterocycles. The first-order valence-corrected chi connectivity index (χ1v) is 5.66. The minimum atomic E-state index is -1.46. The van der Waals surface area contributed by atoms with Gasteiger partial charge in [-0.25, -0.2) is 18.2 Å². The van der Waals surface area contributed by atoms with Crippen molar-refractivity contribution in [2.45, 2.75) is 0 Å². The van der Waals surface area contributed by atoms with Crippen molar-refractivity contribution in [3.05, 3.63) is 47.9 Å². The molecule has 2 aromatic rings. The summed E-state index contributed by atoms with van der Waals surface area (Å²) in [7, 11) is 1.84. The highest BCUT2D eigenvalue weighted by atomic mass is 19.2. The average molecular weight is 265 g/mol. The van der Waals surface area contributed by atoms with E-state index in [4.69, 9.17) is 0 Å². The molecule has 0 fully saturated rings. The van der Waals surface area contributed by atoms with E-state index in [1.54, 1.807) is 17.2 Å². The first-order valence-electron chi connectivity index (χ1n) is 5.66. The second kappa shape index (κ2) is 4.15. The molecule has 1 aliphatic rings. The Morgan fingerprint density at radius 2 is 1.84 bits per heavy atom. The minimum absolute atomic E-state index is 0.237. The summed E-state index contributed by atoms with van der Waals surface area (Å²) < 4.78 is 39.6. The Kier molecular flexibility index (Phi) is 2.58. The number of nitrogens with zero attached hydrogens (tertiary/aromatic N) is 3. The van der Waals surface area contributed by atoms with Gasteiger partial charge in [-0.2, -0.15) is 0 Å². The molecule has 98 valence electrons. The zero-order valence-corrected chi connectivity index (χ0v) is 10.1. The van der Waals surface area contributed by atoms with Crippen LogP contribution in [-0.4, -0.2) is 18.7 Å². The Morgan fingerprint density at radius 1 is 1.16 bits per heavy atom. The van der Waals surface area contributed by atoms with Gasteiger partial charge in [0.25, 0.3) is 0 Å². The molecule has 0 atom stereocenters. The van der Waals surface area contributed by atoms with Crippen molar-refractivity contribution in [3.63, 3.8) is 0 Å². The molecule has 0 spiro atoms. The first kappa shape index (κ1) is 11.8. The molecule has 6 heteroatoms. The summed E-state index contributed by atoms with van der Waals surface area (Å²) in [6.07, 6.45) is 1.60. The highest BCUT2D eigenvalue weighted by molar-refractivity contribution is 5.78. The molecule has 1 aromatic carbocycles. The third-order valence-electron chi connectivity index (χ3n) is 3.07. The molecule has 0 amide bonds. The van der Waals surface area contributed by atoms with Crippen molar-refractivity contribution >= 4 is 17.2 Å². The summed E-state index contributed by atoms with van der Waals surface area (Å²) in [4.78, 5) is 7.71. The molecule has 1 aromatic heterocycles. The summed E-state index contributed by atoms with van der Waals surface area (Å²) in [5.41, 5.74) is 1.09. The van der Waals surface area contributed by atoms with Gasteiger partial charge >= 0.3 is 0 Å². The van der Waals surface area contributed by atoms with E-state index < -0.39 is 17.5 Å². The maximum atomic E-state index is 13.3. The first-order chi connectivity index (χ1) is 9.08. The highest BCUT2D eigenvalue weighted by Crippen LogP contribution is 2.38. The van der Waals surface area contributed by atoms with Gasteiger partial charge in [0.05, 0.1) is 18.0 Å². The Morgan fingerprint density at radius 3 is 2.53 bits per heavy atom. The molecule has 0 N–H and O–H groups in total. The molecular weight excluding hydrogens is 255 g/mol. The molecule has 0 radical (unpaired) electrons. The van der Waals surface area contributed by atoms with Gasteiger partial charge in [0, 0.05) is 25.4 Å². The molecule has 0 saturated carbocycles. The number of anilines is 3. The van der Waals surface area contributed by atoms with Crippen LogP contribution in [-0.2, 0) is 0 Å². The highest BCUT2D eigenvalue weighted by Gasteiger charge is 2.26. The second-order valence-electron chi connectivity index (χ2n) is 4.34. The topological polar surface area (TPSA) is 19.4 Å². The van der Waals surface area contributed by atoms with Crippen LogP contribution < -0.4 is 9.80 Å². The van der Waals surface area contributed by atoms with E-state index in [0.29, 0.717) is 12.5 Å². The quantitative estimate of drug-likeness (QED) is 0.739. The maximum Gasteiger partial charge on any atom is 0.194 e. The van der Waals surface area contributed by atoms with Crippen LogP contribution in [0.15, 0.2) is 30.5 Å². The van der Waals surface area contributed by atoms with Gasteiger partial charge in [0.1, 0.15) is 0 Å². The van der Waals surface area contributed by atoms with Crippen LogP contribution in [0.3, 0.4) is 0 Å². The smallest absolute Gasteiger partial charge is 0.194 e. The fourth-order valence-corrected chi connectivity index (χ4v) is 2.15. The van der Waals surface area contributed by atoms with Crippen LogP contribution >= 0.6 is 0 Å².